The summed E-state index contributed by atoms with van der Waals surface area (Å²) in [6.07, 6.45) is 4.23. The number of likely N-dealkylation sites (tertiary alicyclic amines) is 1. The van der Waals surface area contributed by atoms with E-state index in [1.165, 1.54) is 12.8 Å². The lowest BCUT2D eigenvalue weighted by Gasteiger charge is -2.44. The maximum absolute atomic E-state index is 12.6. The fraction of sp³-hybridized carbons (Fsp3) is 0.611. The zero-order chi connectivity index (χ0) is 16.3. The number of carbonyl (C=O) groups excluding carboxylic acids is 1. The van der Waals surface area contributed by atoms with Gasteiger partial charge in [0.1, 0.15) is 5.75 Å². The number of nitrogens with one attached hydrogen (secondary N) is 1. The SMILES string of the molecule is CC(Oc1cccc(Cl)c1)C(=O)N1CCC2(CCNCC2)CC1.Cl. The van der Waals surface area contributed by atoms with E-state index in [2.05, 4.69) is 5.32 Å². The van der Waals surface area contributed by atoms with Crippen molar-refractivity contribution in [2.24, 2.45) is 5.41 Å². The summed E-state index contributed by atoms with van der Waals surface area (Å²) in [6, 6.07) is 7.20. The molecule has 1 aromatic rings. The van der Waals surface area contributed by atoms with E-state index in [1.54, 1.807) is 12.1 Å². The van der Waals surface area contributed by atoms with E-state index in [4.69, 9.17) is 16.3 Å². The standard InChI is InChI=1S/C18H25ClN2O2.ClH/c1-14(23-16-4-2-3-15(19)13-16)17(22)21-11-7-18(8-12-21)5-9-20-10-6-18;/h2-4,13-14,20H,5-12H2,1H3;1H. The fourth-order valence-electron chi connectivity index (χ4n) is 3.71. The molecule has 2 aliphatic rings. The van der Waals surface area contributed by atoms with E-state index >= 15 is 0 Å². The Morgan fingerprint density at radius 1 is 1.25 bits per heavy atom. The van der Waals surface area contributed by atoms with Gasteiger partial charge in [-0.2, -0.15) is 0 Å². The highest BCUT2D eigenvalue weighted by Gasteiger charge is 2.37. The topological polar surface area (TPSA) is 41.6 Å². The normalized spacial score (nSPS) is 21.0. The van der Waals surface area contributed by atoms with E-state index in [-0.39, 0.29) is 18.3 Å². The van der Waals surface area contributed by atoms with Gasteiger partial charge in [-0.05, 0) is 69.3 Å². The number of halogens is 2. The van der Waals surface area contributed by atoms with Gasteiger partial charge in [0.2, 0.25) is 0 Å². The molecule has 2 aliphatic heterocycles. The van der Waals surface area contributed by atoms with Crippen molar-refractivity contribution in [1.82, 2.24) is 10.2 Å². The molecule has 0 bridgehead atoms. The van der Waals surface area contributed by atoms with Gasteiger partial charge < -0.3 is 15.0 Å². The van der Waals surface area contributed by atoms with Crippen molar-refractivity contribution in [3.05, 3.63) is 29.3 Å². The van der Waals surface area contributed by atoms with Gasteiger partial charge in [-0.25, -0.2) is 0 Å². The molecule has 6 heteroatoms. The number of amides is 1. The third-order valence-electron chi connectivity index (χ3n) is 5.26. The van der Waals surface area contributed by atoms with Crippen LogP contribution in [0.25, 0.3) is 0 Å². The summed E-state index contributed by atoms with van der Waals surface area (Å²) in [5.41, 5.74) is 0.457. The van der Waals surface area contributed by atoms with E-state index in [0.717, 1.165) is 39.0 Å². The highest BCUT2D eigenvalue weighted by Crippen LogP contribution is 2.39. The highest BCUT2D eigenvalue weighted by atomic mass is 35.5. The van der Waals surface area contributed by atoms with Crippen LogP contribution in [0.1, 0.15) is 32.6 Å². The number of ether oxygens (including phenoxy) is 1. The molecule has 1 atom stereocenters. The second-order valence-electron chi connectivity index (χ2n) is 6.79. The lowest BCUT2D eigenvalue weighted by Crippen LogP contribution is -2.50. The van der Waals surface area contributed by atoms with Crippen LogP contribution in [-0.2, 0) is 4.79 Å². The molecule has 0 aromatic heterocycles. The molecule has 0 radical (unpaired) electrons. The first kappa shape index (κ1) is 19.4. The van der Waals surface area contributed by atoms with Crippen LogP contribution in [-0.4, -0.2) is 43.1 Å². The molecular weight excluding hydrogens is 347 g/mol. The summed E-state index contributed by atoms with van der Waals surface area (Å²) in [5, 5.41) is 4.05. The summed E-state index contributed by atoms with van der Waals surface area (Å²) >= 11 is 5.96. The van der Waals surface area contributed by atoms with Crippen LogP contribution < -0.4 is 10.1 Å². The average Bonchev–Trinajstić information content (AvgIpc) is 2.56. The summed E-state index contributed by atoms with van der Waals surface area (Å²) < 4.78 is 5.76. The molecule has 1 aromatic carbocycles. The number of hydrogen-bond acceptors (Lipinski definition) is 3. The number of nitrogens with zero attached hydrogens (tertiary/aromatic N) is 1. The largest absolute Gasteiger partial charge is 0.481 e. The van der Waals surface area contributed by atoms with Crippen LogP contribution in [0.2, 0.25) is 5.02 Å². The minimum Gasteiger partial charge on any atom is -0.481 e. The molecule has 1 N–H and O–H groups in total. The van der Waals surface area contributed by atoms with Gasteiger partial charge in [-0.1, -0.05) is 17.7 Å². The second kappa shape index (κ2) is 8.41. The van der Waals surface area contributed by atoms with Crippen molar-refractivity contribution >= 4 is 29.9 Å². The predicted octanol–water partition coefficient (Wildman–Crippen LogP) is 3.52. The van der Waals surface area contributed by atoms with Crippen LogP contribution in [0.3, 0.4) is 0 Å². The van der Waals surface area contributed by atoms with Gasteiger partial charge in [0, 0.05) is 18.1 Å². The fourth-order valence-corrected chi connectivity index (χ4v) is 3.89. The van der Waals surface area contributed by atoms with Crippen LogP contribution in [0.15, 0.2) is 24.3 Å². The maximum Gasteiger partial charge on any atom is 0.263 e. The number of benzene rings is 1. The summed E-state index contributed by atoms with van der Waals surface area (Å²) in [5.74, 6) is 0.721. The molecule has 2 saturated heterocycles. The Kier molecular flexibility index (Phi) is 6.79. The predicted molar refractivity (Wildman–Crippen MR) is 99.1 cm³/mol. The first-order valence-corrected chi connectivity index (χ1v) is 8.88. The number of carbonyl (C=O) groups is 1. The van der Waals surface area contributed by atoms with Crippen molar-refractivity contribution in [1.29, 1.82) is 0 Å². The van der Waals surface area contributed by atoms with Gasteiger partial charge in [-0.15, -0.1) is 12.4 Å². The molecule has 0 aliphatic carbocycles. The van der Waals surface area contributed by atoms with E-state index in [9.17, 15) is 4.79 Å². The van der Waals surface area contributed by atoms with E-state index in [1.807, 2.05) is 24.0 Å². The van der Waals surface area contributed by atoms with Crippen LogP contribution >= 0.6 is 24.0 Å². The molecule has 24 heavy (non-hydrogen) atoms. The monoisotopic (exact) mass is 372 g/mol. The molecule has 134 valence electrons. The zero-order valence-electron chi connectivity index (χ0n) is 14.1. The third-order valence-corrected chi connectivity index (χ3v) is 5.49. The molecule has 4 nitrogen and oxygen atoms in total. The second-order valence-corrected chi connectivity index (χ2v) is 7.23. The van der Waals surface area contributed by atoms with Crippen LogP contribution in [0, 0.1) is 5.41 Å². The zero-order valence-corrected chi connectivity index (χ0v) is 15.7. The lowest BCUT2D eigenvalue weighted by atomic mass is 9.71. The molecular formula is C18H26Cl2N2O2. The third kappa shape index (κ3) is 4.56. The average molecular weight is 373 g/mol. The molecule has 0 saturated carbocycles. The highest BCUT2D eigenvalue weighted by molar-refractivity contribution is 6.30. The molecule has 2 fully saturated rings. The van der Waals surface area contributed by atoms with Crippen molar-refractivity contribution in [2.45, 2.75) is 38.7 Å². The summed E-state index contributed by atoms with van der Waals surface area (Å²) in [7, 11) is 0. The molecule has 1 unspecified atom stereocenters. The first-order chi connectivity index (χ1) is 11.1. The minimum atomic E-state index is -0.476. The number of rotatable bonds is 3. The molecule has 2 heterocycles. The van der Waals surface area contributed by atoms with Gasteiger partial charge >= 0.3 is 0 Å². The first-order valence-electron chi connectivity index (χ1n) is 8.50. The maximum atomic E-state index is 12.6. The summed E-state index contributed by atoms with van der Waals surface area (Å²) in [4.78, 5) is 14.6. The van der Waals surface area contributed by atoms with Crippen molar-refractivity contribution in [2.75, 3.05) is 26.2 Å². The van der Waals surface area contributed by atoms with Gasteiger partial charge in [-0.3, -0.25) is 4.79 Å². The number of hydrogen-bond donors (Lipinski definition) is 1. The van der Waals surface area contributed by atoms with Crippen LogP contribution in [0.4, 0.5) is 0 Å². The van der Waals surface area contributed by atoms with Gasteiger partial charge in [0.15, 0.2) is 6.10 Å². The van der Waals surface area contributed by atoms with Crippen molar-refractivity contribution in [3.63, 3.8) is 0 Å². The molecule has 1 spiro atoms. The van der Waals surface area contributed by atoms with Crippen molar-refractivity contribution < 1.29 is 9.53 Å². The van der Waals surface area contributed by atoms with Crippen molar-refractivity contribution in [3.8, 4) is 5.75 Å². The Morgan fingerprint density at radius 2 is 1.92 bits per heavy atom. The van der Waals surface area contributed by atoms with Gasteiger partial charge in [0.25, 0.3) is 5.91 Å². The van der Waals surface area contributed by atoms with E-state index < -0.39 is 6.10 Å². The minimum absolute atomic E-state index is 0. The number of piperidine rings is 2. The smallest absolute Gasteiger partial charge is 0.263 e. The van der Waals surface area contributed by atoms with Crippen LogP contribution in [0.5, 0.6) is 5.75 Å². The lowest BCUT2D eigenvalue weighted by molar-refractivity contribution is -0.140. The Labute approximate surface area is 155 Å². The molecule has 1 amide bonds. The Balaban J connectivity index is 0.00000208. The Bertz CT molecular complexity index is 552. The molecule has 3 rings (SSSR count). The Hall–Kier alpha value is -0.970. The van der Waals surface area contributed by atoms with Gasteiger partial charge in [0.05, 0.1) is 0 Å². The summed E-state index contributed by atoms with van der Waals surface area (Å²) in [6.45, 7) is 5.74. The quantitative estimate of drug-likeness (QED) is 0.882. The Morgan fingerprint density at radius 3 is 2.54 bits per heavy atom. The van der Waals surface area contributed by atoms with E-state index in [0.29, 0.717) is 16.2 Å².